The average molecular weight is 215 g/mol. The summed E-state index contributed by atoms with van der Waals surface area (Å²) in [5, 5.41) is 0. The first-order valence-corrected chi connectivity index (χ1v) is 4.88. The molecule has 1 rings (SSSR count). The smallest absolute Gasteiger partial charge is 0.330 e. The fourth-order valence-corrected chi connectivity index (χ4v) is 1.46. The predicted octanol–water partition coefficient (Wildman–Crippen LogP) is 0.111. The molecule has 0 saturated carbocycles. The second-order valence-electron chi connectivity index (χ2n) is 3.46. The van der Waals surface area contributed by atoms with Gasteiger partial charge in [-0.25, -0.2) is 4.79 Å². The van der Waals surface area contributed by atoms with Crippen LogP contribution in [0.4, 0.5) is 4.79 Å². The van der Waals surface area contributed by atoms with Crippen LogP contribution in [-0.4, -0.2) is 60.4 Å². The number of amides is 3. The Morgan fingerprint density at radius 2 is 2.13 bits per heavy atom. The molecule has 0 radical (unpaired) electrons. The van der Waals surface area contributed by atoms with Crippen molar-refractivity contribution in [2.75, 3.05) is 33.7 Å². The molecule has 1 aliphatic rings. The molecule has 0 bridgehead atoms. The molecule has 0 spiro atoms. The number of hydrogen-bond donors (Lipinski definition) is 0. The molecular weight excluding hydrogens is 198 g/mol. The molecule has 86 valence electrons. The first-order chi connectivity index (χ1) is 7.10. The van der Waals surface area contributed by atoms with Gasteiger partial charge in [0.05, 0.1) is 13.3 Å². The van der Waals surface area contributed by atoms with E-state index < -0.39 is 0 Å². The molecular formula is C9H17N3O3. The zero-order chi connectivity index (χ0) is 11.4. The Kier molecular flexibility index (Phi) is 4.05. The molecule has 6 heteroatoms. The summed E-state index contributed by atoms with van der Waals surface area (Å²) in [5.41, 5.74) is 0. The van der Waals surface area contributed by atoms with Crippen LogP contribution in [0, 0.1) is 0 Å². The van der Waals surface area contributed by atoms with Crippen LogP contribution in [0.1, 0.15) is 13.8 Å². The number of nitrogens with zero attached hydrogens (tertiary/aromatic N) is 3. The molecule has 0 atom stereocenters. The number of hydrogen-bond acceptors (Lipinski definition) is 4. The molecule has 0 aromatic heterocycles. The zero-order valence-electron chi connectivity index (χ0n) is 9.39. The van der Waals surface area contributed by atoms with Crippen LogP contribution in [0.3, 0.4) is 0 Å². The molecule has 0 aliphatic carbocycles. The van der Waals surface area contributed by atoms with E-state index >= 15 is 0 Å². The van der Waals surface area contributed by atoms with Gasteiger partial charge in [0.25, 0.3) is 0 Å². The Labute approximate surface area is 89.4 Å². The number of imide groups is 1. The van der Waals surface area contributed by atoms with Crippen molar-refractivity contribution in [3.8, 4) is 0 Å². The van der Waals surface area contributed by atoms with Gasteiger partial charge in [-0.3, -0.25) is 19.5 Å². The Morgan fingerprint density at radius 1 is 1.47 bits per heavy atom. The SMILES string of the molecule is CCN1CN(COC)C(=O)N(C(C)=O)C1. The lowest BCUT2D eigenvalue weighted by atomic mass is 10.4. The number of urea groups is 1. The minimum Gasteiger partial charge on any atom is -0.364 e. The predicted molar refractivity (Wildman–Crippen MR) is 53.7 cm³/mol. The highest BCUT2D eigenvalue weighted by atomic mass is 16.5. The van der Waals surface area contributed by atoms with E-state index in [1.165, 1.54) is 23.8 Å². The number of ether oxygens (including phenoxy) is 1. The maximum atomic E-state index is 11.7. The van der Waals surface area contributed by atoms with E-state index in [0.29, 0.717) is 13.3 Å². The van der Waals surface area contributed by atoms with Crippen molar-refractivity contribution in [3.05, 3.63) is 0 Å². The minimum atomic E-state index is -0.283. The van der Waals surface area contributed by atoms with Gasteiger partial charge >= 0.3 is 6.03 Å². The second kappa shape index (κ2) is 5.09. The van der Waals surface area contributed by atoms with Gasteiger partial charge < -0.3 is 4.74 Å². The Balaban J connectivity index is 2.73. The number of carbonyl (C=O) groups is 2. The average Bonchev–Trinajstić information content (AvgIpc) is 2.21. The van der Waals surface area contributed by atoms with Crippen molar-refractivity contribution in [1.29, 1.82) is 0 Å². The Hall–Kier alpha value is -1.14. The highest BCUT2D eigenvalue weighted by molar-refractivity contribution is 5.93. The van der Waals surface area contributed by atoms with Gasteiger partial charge in [0.2, 0.25) is 5.91 Å². The number of rotatable bonds is 3. The molecule has 3 amide bonds. The van der Waals surface area contributed by atoms with E-state index in [0.717, 1.165) is 6.54 Å². The van der Waals surface area contributed by atoms with Crippen molar-refractivity contribution >= 4 is 11.9 Å². The van der Waals surface area contributed by atoms with Crippen LogP contribution in [0.15, 0.2) is 0 Å². The maximum absolute atomic E-state index is 11.7. The van der Waals surface area contributed by atoms with E-state index in [2.05, 4.69) is 0 Å². The van der Waals surface area contributed by atoms with Crippen LogP contribution in [0.25, 0.3) is 0 Å². The molecule has 15 heavy (non-hydrogen) atoms. The molecule has 0 unspecified atom stereocenters. The van der Waals surface area contributed by atoms with Crippen molar-refractivity contribution in [3.63, 3.8) is 0 Å². The van der Waals surface area contributed by atoms with Gasteiger partial charge in [0, 0.05) is 14.0 Å². The molecule has 0 N–H and O–H groups in total. The lowest BCUT2D eigenvalue weighted by molar-refractivity contribution is -0.131. The summed E-state index contributed by atoms with van der Waals surface area (Å²) in [6.07, 6.45) is 0. The quantitative estimate of drug-likeness (QED) is 0.670. The molecule has 1 fully saturated rings. The lowest BCUT2D eigenvalue weighted by Crippen LogP contribution is -2.59. The zero-order valence-corrected chi connectivity index (χ0v) is 9.39. The third-order valence-corrected chi connectivity index (χ3v) is 2.33. The summed E-state index contributed by atoms with van der Waals surface area (Å²) in [6.45, 7) is 5.25. The van der Waals surface area contributed by atoms with Crippen LogP contribution in [0.2, 0.25) is 0 Å². The van der Waals surface area contributed by atoms with Crippen molar-refractivity contribution < 1.29 is 14.3 Å². The summed E-state index contributed by atoms with van der Waals surface area (Å²) in [7, 11) is 1.52. The van der Waals surface area contributed by atoms with Crippen LogP contribution >= 0.6 is 0 Å². The first kappa shape index (κ1) is 11.9. The topological polar surface area (TPSA) is 53.1 Å². The highest BCUT2D eigenvalue weighted by Crippen LogP contribution is 2.10. The molecule has 0 aromatic rings. The summed E-state index contributed by atoms with van der Waals surface area (Å²) < 4.78 is 4.91. The van der Waals surface area contributed by atoms with Crippen LogP contribution < -0.4 is 0 Å². The minimum absolute atomic E-state index is 0.207. The summed E-state index contributed by atoms with van der Waals surface area (Å²) in [4.78, 5) is 27.7. The van der Waals surface area contributed by atoms with E-state index in [1.54, 1.807) is 0 Å². The Bertz CT molecular complexity index is 257. The maximum Gasteiger partial charge on any atom is 0.330 e. The number of methoxy groups -OCH3 is 1. The monoisotopic (exact) mass is 215 g/mol. The van der Waals surface area contributed by atoms with E-state index in [9.17, 15) is 9.59 Å². The van der Waals surface area contributed by atoms with Gasteiger partial charge in [-0.15, -0.1) is 0 Å². The second-order valence-corrected chi connectivity index (χ2v) is 3.46. The molecule has 1 heterocycles. The van der Waals surface area contributed by atoms with E-state index in [-0.39, 0.29) is 18.7 Å². The summed E-state index contributed by atoms with van der Waals surface area (Å²) >= 11 is 0. The van der Waals surface area contributed by atoms with E-state index in [4.69, 9.17) is 4.74 Å². The summed E-state index contributed by atoms with van der Waals surface area (Å²) in [5.74, 6) is -0.237. The fraction of sp³-hybridized carbons (Fsp3) is 0.778. The molecule has 6 nitrogen and oxygen atoms in total. The third kappa shape index (κ3) is 2.66. The van der Waals surface area contributed by atoms with Gasteiger partial charge in [0.1, 0.15) is 6.73 Å². The highest BCUT2D eigenvalue weighted by Gasteiger charge is 2.31. The molecule has 0 aromatic carbocycles. The van der Waals surface area contributed by atoms with Crippen LogP contribution in [0.5, 0.6) is 0 Å². The van der Waals surface area contributed by atoms with Crippen molar-refractivity contribution in [1.82, 2.24) is 14.7 Å². The lowest BCUT2D eigenvalue weighted by Gasteiger charge is -2.39. The molecule has 1 saturated heterocycles. The standard InChI is InChI=1S/C9H17N3O3/c1-4-10-5-11(7-15-3)9(14)12(6-10)8(2)13/h4-7H2,1-3H3. The number of carbonyl (C=O) groups excluding carboxylic acids is 2. The fourth-order valence-electron chi connectivity index (χ4n) is 1.46. The van der Waals surface area contributed by atoms with E-state index in [1.807, 2.05) is 11.8 Å². The van der Waals surface area contributed by atoms with Crippen molar-refractivity contribution in [2.24, 2.45) is 0 Å². The molecule has 1 aliphatic heterocycles. The van der Waals surface area contributed by atoms with Crippen molar-refractivity contribution in [2.45, 2.75) is 13.8 Å². The first-order valence-electron chi connectivity index (χ1n) is 4.88. The Morgan fingerprint density at radius 3 is 2.60 bits per heavy atom. The van der Waals surface area contributed by atoms with Gasteiger partial charge in [0.15, 0.2) is 0 Å². The third-order valence-electron chi connectivity index (χ3n) is 2.33. The van der Waals surface area contributed by atoms with Crippen LogP contribution in [-0.2, 0) is 9.53 Å². The van der Waals surface area contributed by atoms with Gasteiger partial charge in [-0.1, -0.05) is 6.92 Å². The largest absolute Gasteiger partial charge is 0.364 e. The normalized spacial score (nSPS) is 18.5. The van der Waals surface area contributed by atoms with Gasteiger partial charge in [-0.2, -0.15) is 0 Å². The summed E-state index contributed by atoms with van der Waals surface area (Å²) in [6, 6.07) is -0.283. The van der Waals surface area contributed by atoms with Gasteiger partial charge in [-0.05, 0) is 6.54 Å².